The fourth-order valence-corrected chi connectivity index (χ4v) is 1.87. The van der Waals surface area contributed by atoms with E-state index < -0.39 is 0 Å². The predicted octanol–water partition coefficient (Wildman–Crippen LogP) is 2.37. The Labute approximate surface area is 108 Å². The van der Waals surface area contributed by atoms with Crippen molar-refractivity contribution in [1.82, 2.24) is 0 Å². The standard InChI is InChI=1S/C14H20O4/c1-5-11-12(16-3)7-10(8-13(11)17-4)9-14(15)18-6-2/h7-8H,5-6,9H2,1-4H3. The molecule has 0 fully saturated rings. The summed E-state index contributed by atoms with van der Waals surface area (Å²) in [5.41, 5.74) is 1.84. The van der Waals surface area contributed by atoms with Gasteiger partial charge in [-0.2, -0.15) is 0 Å². The maximum Gasteiger partial charge on any atom is 0.310 e. The van der Waals surface area contributed by atoms with E-state index in [1.807, 2.05) is 19.1 Å². The molecule has 0 saturated heterocycles. The fraction of sp³-hybridized carbons (Fsp3) is 0.500. The Morgan fingerprint density at radius 1 is 1.11 bits per heavy atom. The van der Waals surface area contributed by atoms with Gasteiger partial charge >= 0.3 is 5.97 Å². The number of hydrogen-bond acceptors (Lipinski definition) is 4. The Morgan fingerprint density at radius 2 is 1.67 bits per heavy atom. The van der Waals surface area contributed by atoms with Gasteiger partial charge < -0.3 is 14.2 Å². The monoisotopic (exact) mass is 252 g/mol. The summed E-state index contributed by atoms with van der Waals surface area (Å²) in [4.78, 5) is 11.5. The van der Waals surface area contributed by atoms with Crippen LogP contribution in [0.1, 0.15) is 25.0 Å². The van der Waals surface area contributed by atoms with Crippen molar-refractivity contribution in [2.75, 3.05) is 20.8 Å². The van der Waals surface area contributed by atoms with Gasteiger partial charge in [0.15, 0.2) is 0 Å². The zero-order chi connectivity index (χ0) is 13.5. The zero-order valence-electron chi connectivity index (χ0n) is 11.4. The second-order valence-corrected chi connectivity index (χ2v) is 3.81. The normalized spacial score (nSPS) is 10.0. The number of hydrogen-bond donors (Lipinski definition) is 0. The minimum Gasteiger partial charge on any atom is -0.496 e. The Morgan fingerprint density at radius 3 is 2.06 bits per heavy atom. The molecule has 4 nitrogen and oxygen atoms in total. The van der Waals surface area contributed by atoms with Crippen molar-refractivity contribution < 1.29 is 19.0 Å². The van der Waals surface area contributed by atoms with Crippen LogP contribution in [0.15, 0.2) is 12.1 Å². The summed E-state index contributed by atoms with van der Waals surface area (Å²) in [6.07, 6.45) is 1.04. The number of methoxy groups -OCH3 is 2. The molecule has 0 aliphatic heterocycles. The number of rotatable bonds is 6. The van der Waals surface area contributed by atoms with Gasteiger partial charge in [0.2, 0.25) is 0 Å². The minimum atomic E-state index is -0.245. The molecule has 0 unspecified atom stereocenters. The molecule has 0 amide bonds. The van der Waals surface area contributed by atoms with Crippen LogP contribution in [-0.4, -0.2) is 26.8 Å². The fourth-order valence-electron chi connectivity index (χ4n) is 1.87. The predicted molar refractivity (Wildman–Crippen MR) is 69.3 cm³/mol. The summed E-state index contributed by atoms with van der Waals surface area (Å²) in [6, 6.07) is 3.72. The van der Waals surface area contributed by atoms with Crippen molar-refractivity contribution in [3.05, 3.63) is 23.3 Å². The van der Waals surface area contributed by atoms with Crippen LogP contribution >= 0.6 is 0 Å². The first-order valence-electron chi connectivity index (χ1n) is 6.05. The zero-order valence-corrected chi connectivity index (χ0v) is 11.4. The molecule has 1 aromatic rings. The van der Waals surface area contributed by atoms with Crippen molar-refractivity contribution in [3.8, 4) is 11.5 Å². The highest BCUT2D eigenvalue weighted by molar-refractivity contribution is 5.73. The summed E-state index contributed by atoms with van der Waals surface area (Å²) < 4.78 is 15.6. The lowest BCUT2D eigenvalue weighted by Gasteiger charge is -2.14. The lowest BCUT2D eigenvalue weighted by Crippen LogP contribution is -2.08. The quantitative estimate of drug-likeness (QED) is 0.729. The molecule has 0 bridgehead atoms. The van der Waals surface area contributed by atoms with Crippen molar-refractivity contribution in [3.63, 3.8) is 0 Å². The first-order valence-corrected chi connectivity index (χ1v) is 6.05. The molecule has 4 heteroatoms. The first-order chi connectivity index (χ1) is 8.65. The van der Waals surface area contributed by atoms with Gasteiger partial charge in [-0.05, 0) is 31.0 Å². The van der Waals surface area contributed by atoms with E-state index in [4.69, 9.17) is 14.2 Å². The summed E-state index contributed by atoms with van der Waals surface area (Å²) in [6.45, 7) is 4.21. The van der Waals surface area contributed by atoms with Gasteiger partial charge in [-0.1, -0.05) is 6.92 Å². The molecule has 0 aromatic heterocycles. The summed E-state index contributed by atoms with van der Waals surface area (Å²) in [5, 5.41) is 0. The molecule has 0 aliphatic carbocycles. The van der Waals surface area contributed by atoms with E-state index >= 15 is 0 Å². The van der Waals surface area contributed by atoms with Gasteiger partial charge in [0.1, 0.15) is 11.5 Å². The second kappa shape index (κ2) is 6.89. The smallest absolute Gasteiger partial charge is 0.310 e. The molecule has 0 atom stereocenters. The molecule has 18 heavy (non-hydrogen) atoms. The van der Waals surface area contributed by atoms with E-state index in [9.17, 15) is 4.79 Å². The Hall–Kier alpha value is -1.71. The molecular weight excluding hydrogens is 232 g/mol. The lowest BCUT2D eigenvalue weighted by molar-refractivity contribution is -0.142. The Bertz CT molecular complexity index is 387. The van der Waals surface area contributed by atoms with Crippen molar-refractivity contribution >= 4 is 5.97 Å². The van der Waals surface area contributed by atoms with Crippen LogP contribution in [0, 0.1) is 0 Å². The number of carbonyl (C=O) groups excluding carboxylic acids is 1. The molecule has 0 spiro atoms. The third kappa shape index (κ3) is 3.39. The van der Waals surface area contributed by atoms with Crippen LogP contribution in [-0.2, 0) is 22.4 Å². The molecular formula is C14H20O4. The van der Waals surface area contributed by atoms with E-state index in [0.717, 1.165) is 29.0 Å². The highest BCUT2D eigenvalue weighted by Gasteiger charge is 2.13. The first kappa shape index (κ1) is 14.4. The Kier molecular flexibility index (Phi) is 5.49. The molecule has 100 valence electrons. The average molecular weight is 252 g/mol. The summed E-state index contributed by atoms with van der Waals surface area (Å²) in [5.74, 6) is 1.25. The van der Waals surface area contributed by atoms with Crippen LogP contribution in [0.4, 0.5) is 0 Å². The van der Waals surface area contributed by atoms with Gasteiger partial charge in [-0.3, -0.25) is 4.79 Å². The van der Waals surface area contributed by atoms with Gasteiger partial charge in [-0.25, -0.2) is 0 Å². The number of benzene rings is 1. The summed E-state index contributed by atoms with van der Waals surface area (Å²) >= 11 is 0. The second-order valence-electron chi connectivity index (χ2n) is 3.81. The third-order valence-corrected chi connectivity index (χ3v) is 2.68. The van der Waals surface area contributed by atoms with Gasteiger partial charge in [0.25, 0.3) is 0 Å². The maximum absolute atomic E-state index is 11.5. The molecule has 1 rings (SSSR count). The number of ether oxygens (including phenoxy) is 3. The highest BCUT2D eigenvalue weighted by Crippen LogP contribution is 2.31. The molecule has 0 heterocycles. The van der Waals surface area contributed by atoms with Crippen molar-refractivity contribution in [2.45, 2.75) is 26.7 Å². The number of esters is 1. The Balaban J connectivity index is 3.03. The molecule has 1 aromatic carbocycles. The SMILES string of the molecule is CCOC(=O)Cc1cc(OC)c(CC)c(OC)c1. The van der Waals surface area contributed by atoms with Crippen molar-refractivity contribution in [2.24, 2.45) is 0 Å². The van der Waals surface area contributed by atoms with Crippen LogP contribution in [0.2, 0.25) is 0 Å². The third-order valence-electron chi connectivity index (χ3n) is 2.68. The van der Waals surface area contributed by atoms with Crippen LogP contribution in [0.25, 0.3) is 0 Å². The molecule has 0 N–H and O–H groups in total. The lowest BCUT2D eigenvalue weighted by atomic mass is 10.0. The highest BCUT2D eigenvalue weighted by atomic mass is 16.5. The van der Waals surface area contributed by atoms with E-state index in [0.29, 0.717) is 6.61 Å². The van der Waals surface area contributed by atoms with E-state index in [1.54, 1.807) is 21.1 Å². The summed E-state index contributed by atoms with van der Waals surface area (Å²) in [7, 11) is 3.23. The average Bonchev–Trinajstić information content (AvgIpc) is 2.37. The van der Waals surface area contributed by atoms with Crippen LogP contribution < -0.4 is 9.47 Å². The van der Waals surface area contributed by atoms with E-state index in [1.165, 1.54) is 0 Å². The van der Waals surface area contributed by atoms with Gasteiger partial charge in [-0.15, -0.1) is 0 Å². The van der Waals surface area contributed by atoms with Gasteiger partial charge in [0.05, 0.1) is 27.2 Å². The number of carbonyl (C=O) groups is 1. The van der Waals surface area contributed by atoms with E-state index in [-0.39, 0.29) is 12.4 Å². The van der Waals surface area contributed by atoms with E-state index in [2.05, 4.69) is 0 Å². The molecule has 0 aliphatic rings. The van der Waals surface area contributed by atoms with Crippen LogP contribution in [0.3, 0.4) is 0 Å². The largest absolute Gasteiger partial charge is 0.496 e. The molecule has 0 radical (unpaired) electrons. The minimum absolute atomic E-state index is 0.227. The van der Waals surface area contributed by atoms with Crippen molar-refractivity contribution in [1.29, 1.82) is 0 Å². The van der Waals surface area contributed by atoms with Crippen LogP contribution in [0.5, 0.6) is 11.5 Å². The topological polar surface area (TPSA) is 44.8 Å². The maximum atomic E-state index is 11.5. The molecule has 0 saturated carbocycles. The van der Waals surface area contributed by atoms with Gasteiger partial charge in [0, 0.05) is 5.56 Å².